The van der Waals surface area contributed by atoms with Gasteiger partial charge in [-0.15, -0.1) is 0 Å². The minimum Gasteiger partial charge on any atom is -0.397 e. The van der Waals surface area contributed by atoms with Crippen LogP contribution in [0.15, 0.2) is 42.6 Å². The van der Waals surface area contributed by atoms with Gasteiger partial charge < -0.3 is 20.7 Å². The zero-order valence-corrected chi connectivity index (χ0v) is 11.7. The van der Waals surface area contributed by atoms with Crippen LogP contribution in [0.5, 0.6) is 0 Å². The van der Waals surface area contributed by atoms with E-state index in [1.165, 1.54) is 0 Å². The average Bonchev–Trinajstić information content (AvgIpc) is 3.28. The van der Waals surface area contributed by atoms with Crippen molar-refractivity contribution in [3.8, 4) is 0 Å². The Kier molecular flexibility index (Phi) is 3.66. The average molecular weight is 285 g/mol. The molecule has 1 aliphatic rings. The normalized spacial score (nSPS) is 15.7. The summed E-state index contributed by atoms with van der Waals surface area (Å²) in [4.78, 5) is 12.5. The molecular weight excluding hydrogens is 266 g/mol. The maximum atomic E-state index is 12.5. The summed E-state index contributed by atoms with van der Waals surface area (Å²) in [6.07, 6.45) is 3.97. The smallest absolute Gasteiger partial charge is 0.268 e. The number of amides is 1. The number of aliphatic hydroxyl groups is 1. The first-order chi connectivity index (χ1) is 10.2. The van der Waals surface area contributed by atoms with Crippen molar-refractivity contribution in [3.63, 3.8) is 0 Å². The number of nitrogens with zero attached hydrogens (tertiary/aromatic N) is 1. The number of hydrogen-bond donors (Lipinski definition) is 3. The van der Waals surface area contributed by atoms with Crippen LogP contribution in [-0.4, -0.2) is 22.2 Å². The fourth-order valence-corrected chi connectivity index (χ4v) is 2.49. The van der Waals surface area contributed by atoms with E-state index in [-0.39, 0.29) is 12.5 Å². The molecule has 0 unspecified atom stereocenters. The Morgan fingerprint density at radius 2 is 2.10 bits per heavy atom. The molecule has 1 aliphatic carbocycles. The number of anilines is 1. The van der Waals surface area contributed by atoms with Gasteiger partial charge in [0.15, 0.2) is 0 Å². The van der Waals surface area contributed by atoms with Gasteiger partial charge in [-0.05, 0) is 24.5 Å². The lowest BCUT2D eigenvalue weighted by Crippen LogP contribution is -2.32. The van der Waals surface area contributed by atoms with Gasteiger partial charge in [-0.2, -0.15) is 0 Å². The van der Waals surface area contributed by atoms with Crippen LogP contribution in [-0.2, 0) is 0 Å². The van der Waals surface area contributed by atoms with Crippen LogP contribution in [0.1, 0.15) is 41.0 Å². The molecule has 0 radical (unpaired) electrons. The second-order valence-electron chi connectivity index (χ2n) is 5.42. The lowest BCUT2D eigenvalue weighted by atomic mass is 10.1. The van der Waals surface area contributed by atoms with Gasteiger partial charge in [-0.25, -0.2) is 0 Å². The summed E-state index contributed by atoms with van der Waals surface area (Å²) in [5, 5.41) is 12.4. The molecule has 2 aromatic rings. The van der Waals surface area contributed by atoms with Crippen LogP contribution >= 0.6 is 0 Å². The zero-order valence-electron chi connectivity index (χ0n) is 11.7. The van der Waals surface area contributed by atoms with Crippen molar-refractivity contribution >= 4 is 11.6 Å². The van der Waals surface area contributed by atoms with Crippen molar-refractivity contribution in [2.75, 3.05) is 12.3 Å². The molecule has 21 heavy (non-hydrogen) atoms. The summed E-state index contributed by atoms with van der Waals surface area (Å²) in [5.74, 6) is -0.207. The third-order valence-corrected chi connectivity index (χ3v) is 3.73. The fraction of sp³-hybridized carbons (Fsp3) is 0.312. The van der Waals surface area contributed by atoms with Crippen molar-refractivity contribution < 1.29 is 9.90 Å². The Bertz CT molecular complexity index is 632. The van der Waals surface area contributed by atoms with Crippen molar-refractivity contribution in [1.29, 1.82) is 0 Å². The summed E-state index contributed by atoms with van der Waals surface area (Å²) < 4.78 is 1.93. The van der Waals surface area contributed by atoms with Gasteiger partial charge in [-0.1, -0.05) is 30.3 Å². The lowest BCUT2D eigenvalue weighted by Gasteiger charge is -2.17. The van der Waals surface area contributed by atoms with E-state index in [1.807, 2.05) is 41.1 Å². The Morgan fingerprint density at radius 1 is 1.38 bits per heavy atom. The van der Waals surface area contributed by atoms with Crippen LogP contribution in [0.2, 0.25) is 0 Å². The van der Waals surface area contributed by atoms with Crippen molar-refractivity contribution in [2.24, 2.45) is 0 Å². The van der Waals surface area contributed by atoms with Crippen molar-refractivity contribution in [2.45, 2.75) is 24.9 Å². The molecule has 1 fully saturated rings. The van der Waals surface area contributed by atoms with Gasteiger partial charge in [0, 0.05) is 12.2 Å². The van der Waals surface area contributed by atoms with E-state index in [0.717, 1.165) is 18.4 Å². The molecular formula is C16H19N3O2. The maximum Gasteiger partial charge on any atom is 0.268 e. The van der Waals surface area contributed by atoms with E-state index in [4.69, 9.17) is 5.73 Å². The van der Waals surface area contributed by atoms with E-state index in [2.05, 4.69) is 5.32 Å². The van der Waals surface area contributed by atoms with Crippen LogP contribution in [0, 0.1) is 0 Å². The maximum absolute atomic E-state index is 12.5. The predicted octanol–water partition coefficient (Wildman–Crippen LogP) is 1.87. The molecule has 1 heterocycles. The quantitative estimate of drug-likeness (QED) is 0.784. The zero-order chi connectivity index (χ0) is 14.8. The van der Waals surface area contributed by atoms with Crippen molar-refractivity contribution in [1.82, 2.24) is 9.88 Å². The molecule has 1 saturated carbocycles. The molecule has 1 aromatic heterocycles. The van der Waals surface area contributed by atoms with Crippen molar-refractivity contribution in [3.05, 3.63) is 53.9 Å². The van der Waals surface area contributed by atoms with Crippen LogP contribution in [0.25, 0.3) is 0 Å². The molecule has 0 bridgehead atoms. The third kappa shape index (κ3) is 2.92. The van der Waals surface area contributed by atoms with Gasteiger partial charge in [0.05, 0.1) is 18.3 Å². The van der Waals surface area contributed by atoms with Crippen LogP contribution < -0.4 is 11.1 Å². The van der Waals surface area contributed by atoms with Gasteiger partial charge in [0.1, 0.15) is 5.69 Å². The summed E-state index contributed by atoms with van der Waals surface area (Å²) in [6.45, 7) is -0.143. The molecule has 0 aliphatic heterocycles. The molecule has 4 N–H and O–H groups in total. The number of rotatable bonds is 5. The summed E-state index contributed by atoms with van der Waals surface area (Å²) in [6, 6.07) is 11.1. The number of carbonyl (C=O) groups is 1. The van der Waals surface area contributed by atoms with E-state index in [1.54, 1.807) is 6.07 Å². The molecule has 0 spiro atoms. The largest absolute Gasteiger partial charge is 0.397 e. The Morgan fingerprint density at radius 3 is 2.71 bits per heavy atom. The first-order valence-corrected chi connectivity index (χ1v) is 7.13. The standard InChI is InChI=1S/C16H19N3O2/c17-12-8-15(19(9-12)13-6-7-13)16(21)18-14(10-20)11-4-2-1-3-5-11/h1-5,8-9,13-14,20H,6-7,10,17H2,(H,18,21)/t14-/m0/s1. The fourth-order valence-electron chi connectivity index (χ4n) is 2.49. The number of nitrogens with one attached hydrogen (secondary N) is 1. The molecule has 1 aromatic carbocycles. The molecule has 5 heteroatoms. The van der Waals surface area contributed by atoms with E-state index < -0.39 is 6.04 Å². The summed E-state index contributed by atoms with van der Waals surface area (Å²) in [5.41, 5.74) is 7.84. The van der Waals surface area contributed by atoms with Gasteiger partial charge in [0.25, 0.3) is 5.91 Å². The van der Waals surface area contributed by atoms with E-state index >= 15 is 0 Å². The Balaban J connectivity index is 1.79. The second kappa shape index (κ2) is 5.61. The van der Waals surface area contributed by atoms with Gasteiger partial charge >= 0.3 is 0 Å². The minimum absolute atomic E-state index is 0.143. The first-order valence-electron chi connectivity index (χ1n) is 7.13. The second-order valence-corrected chi connectivity index (χ2v) is 5.42. The van der Waals surface area contributed by atoms with E-state index in [9.17, 15) is 9.90 Å². The highest BCUT2D eigenvalue weighted by Gasteiger charge is 2.28. The van der Waals surface area contributed by atoms with Crippen LogP contribution in [0.3, 0.4) is 0 Å². The Labute approximate surface area is 123 Å². The summed E-state index contributed by atoms with van der Waals surface area (Å²) >= 11 is 0. The number of aliphatic hydroxyl groups excluding tert-OH is 1. The molecule has 1 amide bonds. The van der Waals surface area contributed by atoms with Gasteiger partial charge in [-0.3, -0.25) is 4.79 Å². The molecule has 3 rings (SSSR count). The molecule has 5 nitrogen and oxygen atoms in total. The SMILES string of the molecule is Nc1cc(C(=O)N[C@@H](CO)c2ccccc2)n(C2CC2)c1. The number of nitrogen functional groups attached to an aromatic ring is 1. The third-order valence-electron chi connectivity index (χ3n) is 3.73. The molecule has 1 atom stereocenters. The van der Waals surface area contributed by atoms with Gasteiger partial charge in [0.2, 0.25) is 0 Å². The highest BCUT2D eigenvalue weighted by atomic mass is 16.3. The van der Waals surface area contributed by atoms with E-state index in [0.29, 0.717) is 17.4 Å². The number of hydrogen-bond acceptors (Lipinski definition) is 3. The van der Waals surface area contributed by atoms with Crippen LogP contribution in [0.4, 0.5) is 5.69 Å². The number of aromatic nitrogens is 1. The monoisotopic (exact) mass is 285 g/mol. The predicted molar refractivity (Wildman–Crippen MR) is 80.9 cm³/mol. The summed E-state index contributed by atoms with van der Waals surface area (Å²) in [7, 11) is 0. The topological polar surface area (TPSA) is 80.3 Å². The lowest BCUT2D eigenvalue weighted by molar-refractivity contribution is 0.0906. The molecule has 110 valence electrons. The number of benzene rings is 1. The number of nitrogens with two attached hydrogens (primary N) is 1. The Hall–Kier alpha value is -2.27. The number of carbonyl (C=O) groups excluding carboxylic acids is 1. The highest BCUT2D eigenvalue weighted by Crippen LogP contribution is 2.37. The molecule has 0 saturated heterocycles. The first kappa shape index (κ1) is 13.7. The minimum atomic E-state index is -0.414. The highest BCUT2D eigenvalue weighted by molar-refractivity contribution is 5.94.